The number of halogens is 1. The fourth-order valence-electron chi connectivity index (χ4n) is 10.3. The third-order valence-corrected chi connectivity index (χ3v) is 14.0. The molecule has 1 saturated carbocycles. The Balaban J connectivity index is 0.782. The number of aryl methyl sites for hydroxylation is 1. The summed E-state index contributed by atoms with van der Waals surface area (Å²) in [6.07, 6.45) is 10.0. The molecule has 0 bridgehead atoms. The van der Waals surface area contributed by atoms with Gasteiger partial charge in [-0.3, -0.25) is 29.0 Å². The van der Waals surface area contributed by atoms with Crippen LogP contribution in [0.2, 0.25) is 5.02 Å². The molecule has 9 rings (SSSR count). The van der Waals surface area contributed by atoms with Gasteiger partial charge >= 0.3 is 0 Å². The van der Waals surface area contributed by atoms with Crippen LogP contribution in [0.3, 0.4) is 0 Å². The van der Waals surface area contributed by atoms with Gasteiger partial charge in [-0.25, -0.2) is 9.97 Å². The first-order valence-corrected chi connectivity index (χ1v) is 23.2. The molecule has 0 unspecified atom stereocenters. The summed E-state index contributed by atoms with van der Waals surface area (Å²) >= 11 is 6.24. The summed E-state index contributed by atoms with van der Waals surface area (Å²) < 4.78 is 14.2. The number of carbonyl (C=O) groups excluding carboxylic acids is 3. The van der Waals surface area contributed by atoms with Gasteiger partial charge in [0.05, 0.1) is 33.6 Å². The molecule has 3 amide bonds. The molecule has 15 nitrogen and oxygen atoms in total. The lowest BCUT2D eigenvalue weighted by Crippen LogP contribution is -2.74. The van der Waals surface area contributed by atoms with Crippen molar-refractivity contribution < 1.29 is 23.9 Å². The van der Waals surface area contributed by atoms with Crippen molar-refractivity contribution in [2.24, 2.45) is 10.8 Å². The third kappa shape index (κ3) is 8.95. The third-order valence-electron chi connectivity index (χ3n) is 13.6. The average molecular weight is 922 g/mol. The molecule has 344 valence electrons. The molecule has 2 aromatic carbocycles. The van der Waals surface area contributed by atoms with Crippen LogP contribution in [0.15, 0.2) is 79.4 Å². The first-order valence-electron chi connectivity index (χ1n) is 22.8. The zero-order chi connectivity index (χ0) is 47.0. The minimum absolute atomic E-state index is 0.0600. The van der Waals surface area contributed by atoms with E-state index in [1.54, 1.807) is 37.4 Å². The highest BCUT2D eigenvalue weighted by molar-refractivity contribution is 6.31. The zero-order valence-electron chi connectivity index (χ0n) is 38.3. The highest BCUT2D eigenvalue weighted by Gasteiger charge is 2.64. The maximum absolute atomic E-state index is 13.4. The second kappa shape index (κ2) is 18.5. The van der Waals surface area contributed by atoms with Crippen molar-refractivity contribution in [1.29, 1.82) is 5.26 Å². The van der Waals surface area contributed by atoms with Gasteiger partial charge in [-0.15, -0.1) is 0 Å². The van der Waals surface area contributed by atoms with Gasteiger partial charge in [0.25, 0.3) is 11.8 Å². The number of aromatic nitrogens is 6. The number of hydrogen-bond donors (Lipinski definition) is 2. The summed E-state index contributed by atoms with van der Waals surface area (Å²) in [4.78, 5) is 58.9. The first-order chi connectivity index (χ1) is 32.2. The van der Waals surface area contributed by atoms with Crippen molar-refractivity contribution in [2.75, 3.05) is 26.3 Å². The standard InChI is InChI=1S/C51H53ClN10O5/c1-30(63)61-19-15-43-39(29-61)45(60-62(43)35-16-20-66-21-17-35)37-9-6-8-31-22-42(56-28-38(31)37)33-12-14-41(55-25-33)47(65)54-18-7-10-44-57-26-34(27-58-44)46(64)59-48-50(2,3)49(51(48,4)5)67-36-13-11-32(24-53)40(52)23-36/h6,8-9,11-14,22-23,25-28,35,48-49H,7,10,15-21,29H2,1-5H3,(H,54,65)(H,59,64). The number of benzene rings is 2. The molecular weight excluding hydrogens is 868 g/mol. The molecular formula is C51H53ClN10O5. The average Bonchev–Trinajstić information content (AvgIpc) is 3.72. The lowest BCUT2D eigenvalue weighted by atomic mass is 9.49. The number of rotatable bonds is 12. The van der Waals surface area contributed by atoms with Crippen LogP contribution in [0.5, 0.6) is 5.75 Å². The van der Waals surface area contributed by atoms with Crippen molar-refractivity contribution in [3.8, 4) is 34.3 Å². The van der Waals surface area contributed by atoms with Crippen molar-refractivity contribution >= 4 is 40.1 Å². The molecule has 0 radical (unpaired) electrons. The highest BCUT2D eigenvalue weighted by atomic mass is 35.5. The highest BCUT2D eigenvalue weighted by Crippen LogP contribution is 2.55. The number of fused-ring (bicyclic) bond motifs is 2. The Morgan fingerprint density at radius 1 is 0.940 bits per heavy atom. The monoisotopic (exact) mass is 920 g/mol. The second-order valence-corrected chi connectivity index (χ2v) is 19.2. The Morgan fingerprint density at radius 3 is 2.42 bits per heavy atom. The van der Waals surface area contributed by atoms with Crippen molar-refractivity contribution in [2.45, 2.75) is 91.5 Å². The summed E-state index contributed by atoms with van der Waals surface area (Å²) in [6.45, 7) is 12.8. The summed E-state index contributed by atoms with van der Waals surface area (Å²) in [7, 11) is 0. The summed E-state index contributed by atoms with van der Waals surface area (Å²) in [5.41, 5.74) is 5.87. The van der Waals surface area contributed by atoms with Crippen LogP contribution >= 0.6 is 11.6 Å². The Hall–Kier alpha value is -6.76. The summed E-state index contributed by atoms with van der Waals surface area (Å²) in [5.74, 6) is 0.616. The quantitative estimate of drug-likeness (QED) is 0.114. The first kappa shape index (κ1) is 45.4. The topological polar surface area (TPSA) is 190 Å². The number of pyridine rings is 2. The molecule has 0 spiro atoms. The minimum Gasteiger partial charge on any atom is -0.489 e. The maximum atomic E-state index is 13.4. The van der Waals surface area contributed by atoms with Crippen LogP contribution in [0.1, 0.15) is 103 Å². The van der Waals surface area contributed by atoms with Gasteiger partial charge in [-0.2, -0.15) is 10.4 Å². The normalized spacial score (nSPS) is 18.6. The number of hydrogen-bond acceptors (Lipinski definition) is 11. The fraction of sp³-hybridized carbons (Fsp3) is 0.392. The molecule has 1 saturated heterocycles. The van der Waals surface area contributed by atoms with Crippen LogP contribution in [0.25, 0.3) is 33.3 Å². The lowest BCUT2D eigenvalue weighted by Gasteiger charge is -2.63. The minimum atomic E-state index is -0.413. The number of ether oxygens (including phenoxy) is 2. The van der Waals surface area contributed by atoms with E-state index < -0.39 is 10.8 Å². The number of amides is 3. The van der Waals surface area contributed by atoms with E-state index >= 15 is 0 Å². The molecule has 2 aliphatic heterocycles. The van der Waals surface area contributed by atoms with Crippen LogP contribution in [-0.4, -0.2) is 90.8 Å². The van der Waals surface area contributed by atoms with E-state index in [9.17, 15) is 19.6 Å². The molecule has 16 heteroatoms. The number of nitrogens with one attached hydrogen (secondary N) is 2. The fourth-order valence-corrected chi connectivity index (χ4v) is 10.5. The van der Waals surface area contributed by atoms with E-state index in [4.69, 9.17) is 31.2 Å². The van der Waals surface area contributed by atoms with E-state index in [1.165, 1.54) is 18.1 Å². The molecule has 4 aromatic heterocycles. The Labute approximate surface area is 394 Å². The predicted molar refractivity (Wildman–Crippen MR) is 252 cm³/mol. The van der Waals surface area contributed by atoms with E-state index in [-0.39, 0.29) is 41.6 Å². The van der Waals surface area contributed by atoms with Gasteiger partial charge in [-0.1, -0.05) is 57.5 Å². The maximum Gasteiger partial charge on any atom is 0.269 e. The van der Waals surface area contributed by atoms with E-state index in [0.29, 0.717) is 73.4 Å². The second-order valence-electron chi connectivity index (χ2n) is 18.8. The van der Waals surface area contributed by atoms with E-state index in [1.807, 2.05) is 57.0 Å². The molecule has 2 fully saturated rings. The predicted octanol–water partition coefficient (Wildman–Crippen LogP) is 7.71. The van der Waals surface area contributed by atoms with Crippen molar-refractivity contribution in [1.82, 2.24) is 45.2 Å². The van der Waals surface area contributed by atoms with Gasteiger partial charge in [0.2, 0.25) is 5.91 Å². The van der Waals surface area contributed by atoms with Gasteiger partial charge in [0.15, 0.2) is 0 Å². The number of nitrogens with zero attached hydrogens (tertiary/aromatic N) is 8. The molecule has 6 heterocycles. The van der Waals surface area contributed by atoms with Gasteiger partial charge < -0.3 is 25.0 Å². The van der Waals surface area contributed by atoms with Crippen molar-refractivity contribution in [3.63, 3.8) is 0 Å². The Morgan fingerprint density at radius 2 is 1.72 bits per heavy atom. The molecule has 6 aromatic rings. The Bertz CT molecular complexity index is 2890. The summed E-state index contributed by atoms with van der Waals surface area (Å²) in [6, 6.07) is 18.9. The number of carbonyl (C=O) groups is 3. The molecule has 1 aliphatic carbocycles. The zero-order valence-corrected chi connectivity index (χ0v) is 39.1. The van der Waals surface area contributed by atoms with E-state index in [2.05, 4.69) is 48.5 Å². The molecule has 2 N–H and O–H groups in total. The molecule has 3 aliphatic rings. The van der Waals surface area contributed by atoms with Gasteiger partial charge in [0.1, 0.15) is 29.4 Å². The van der Waals surface area contributed by atoms with E-state index in [0.717, 1.165) is 58.1 Å². The largest absolute Gasteiger partial charge is 0.489 e. The SMILES string of the molecule is CC(=O)N1CCc2c(c(-c3cccc4cc(-c5ccc(C(=O)NCCCc6ncc(C(=O)NC7C(C)(C)C(Oc8ccc(C#N)c(Cl)c8)C7(C)C)cn6)nc5)ncc34)nn2C2CCOCC2)C1. The number of nitriles is 1. The van der Waals surface area contributed by atoms with Gasteiger partial charge in [0, 0.05) is 128 Å². The van der Waals surface area contributed by atoms with Gasteiger partial charge in [-0.05, 0) is 55.0 Å². The van der Waals surface area contributed by atoms with Crippen LogP contribution in [0, 0.1) is 22.2 Å². The van der Waals surface area contributed by atoms with Crippen LogP contribution in [0.4, 0.5) is 0 Å². The Kier molecular flexibility index (Phi) is 12.5. The smallest absolute Gasteiger partial charge is 0.269 e. The summed E-state index contributed by atoms with van der Waals surface area (Å²) in [5, 5.41) is 22.8. The van der Waals surface area contributed by atoms with Crippen LogP contribution < -0.4 is 15.4 Å². The van der Waals surface area contributed by atoms with Crippen molar-refractivity contribution in [3.05, 3.63) is 118 Å². The molecule has 0 atom stereocenters. The lowest BCUT2D eigenvalue weighted by molar-refractivity contribution is -0.164. The van der Waals surface area contributed by atoms with Crippen LogP contribution in [-0.2, 0) is 28.9 Å². The molecule has 67 heavy (non-hydrogen) atoms.